The lowest BCUT2D eigenvalue weighted by molar-refractivity contribution is 0.0696. The molecule has 2 heterocycles. The molecule has 114 valence electrons. The first-order valence-corrected chi connectivity index (χ1v) is 8.11. The highest BCUT2D eigenvalue weighted by molar-refractivity contribution is 7.90. The van der Waals surface area contributed by atoms with Crippen LogP contribution in [0.2, 0.25) is 0 Å². The minimum absolute atomic E-state index is 0.180. The zero-order valence-corrected chi connectivity index (χ0v) is 12.2. The third-order valence-corrected chi connectivity index (χ3v) is 5.71. The van der Waals surface area contributed by atoms with E-state index in [4.69, 9.17) is 9.84 Å². The largest absolute Gasteiger partial charge is 0.478 e. The standard InChI is InChI=1S/C13H16N2O5S/c16-13(17)11-1-2-12-10(9-11)3-4-15(12)21(18,19)14-5-7-20-8-6-14/h1-2,9H,3-8H2,(H,16,17). The van der Waals surface area contributed by atoms with Crippen LogP contribution < -0.4 is 4.31 Å². The molecule has 0 aliphatic carbocycles. The van der Waals surface area contributed by atoms with Gasteiger partial charge in [-0.2, -0.15) is 12.7 Å². The molecule has 2 aliphatic heterocycles. The molecule has 0 unspecified atom stereocenters. The Morgan fingerprint density at radius 3 is 2.57 bits per heavy atom. The highest BCUT2D eigenvalue weighted by Gasteiger charge is 2.35. The van der Waals surface area contributed by atoms with Crippen LogP contribution in [0.25, 0.3) is 0 Å². The van der Waals surface area contributed by atoms with E-state index in [1.165, 1.54) is 14.7 Å². The van der Waals surface area contributed by atoms with Gasteiger partial charge in [-0.3, -0.25) is 4.31 Å². The second-order valence-electron chi connectivity index (χ2n) is 4.99. The molecular formula is C13H16N2O5S. The number of hydrogen-bond donors (Lipinski definition) is 1. The van der Waals surface area contributed by atoms with Crippen LogP contribution >= 0.6 is 0 Å². The van der Waals surface area contributed by atoms with E-state index in [-0.39, 0.29) is 5.56 Å². The number of benzene rings is 1. The van der Waals surface area contributed by atoms with Crippen molar-refractivity contribution in [1.82, 2.24) is 4.31 Å². The van der Waals surface area contributed by atoms with Crippen LogP contribution in [0, 0.1) is 0 Å². The summed E-state index contributed by atoms with van der Waals surface area (Å²) in [6.45, 7) is 1.84. The average molecular weight is 312 g/mol. The summed E-state index contributed by atoms with van der Waals surface area (Å²) < 4.78 is 33.3. The average Bonchev–Trinajstić information content (AvgIpc) is 2.91. The summed E-state index contributed by atoms with van der Waals surface area (Å²) in [6, 6.07) is 4.56. The van der Waals surface area contributed by atoms with Crippen LogP contribution in [0.1, 0.15) is 15.9 Å². The van der Waals surface area contributed by atoms with Crippen molar-refractivity contribution in [2.45, 2.75) is 6.42 Å². The van der Waals surface area contributed by atoms with Crippen molar-refractivity contribution >= 4 is 21.9 Å². The molecule has 1 aromatic carbocycles. The first-order valence-electron chi connectivity index (χ1n) is 6.72. The fourth-order valence-electron chi connectivity index (χ4n) is 2.66. The SMILES string of the molecule is O=C(O)c1ccc2c(c1)CCN2S(=O)(=O)N1CCOCC1. The van der Waals surface area contributed by atoms with Gasteiger partial charge in [0.1, 0.15) is 0 Å². The van der Waals surface area contributed by atoms with E-state index in [0.29, 0.717) is 45.0 Å². The number of aromatic carboxylic acids is 1. The molecule has 3 rings (SSSR count). The van der Waals surface area contributed by atoms with Gasteiger partial charge in [0.15, 0.2) is 0 Å². The highest BCUT2D eigenvalue weighted by atomic mass is 32.2. The number of hydrogen-bond acceptors (Lipinski definition) is 4. The van der Waals surface area contributed by atoms with Crippen molar-refractivity contribution in [2.75, 3.05) is 37.2 Å². The maximum Gasteiger partial charge on any atom is 0.335 e. The number of ether oxygens (including phenoxy) is 1. The number of carboxylic acids is 1. The Morgan fingerprint density at radius 1 is 1.19 bits per heavy atom. The van der Waals surface area contributed by atoms with Crippen LogP contribution in [-0.4, -0.2) is 56.6 Å². The van der Waals surface area contributed by atoms with Crippen LogP contribution in [0.15, 0.2) is 18.2 Å². The van der Waals surface area contributed by atoms with Gasteiger partial charge in [0, 0.05) is 19.6 Å². The maximum atomic E-state index is 12.6. The predicted molar refractivity (Wildman–Crippen MR) is 75.8 cm³/mol. The molecule has 7 nitrogen and oxygen atoms in total. The molecular weight excluding hydrogens is 296 g/mol. The molecule has 1 saturated heterocycles. The van der Waals surface area contributed by atoms with Crippen molar-refractivity contribution in [3.8, 4) is 0 Å². The fraction of sp³-hybridized carbons (Fsp3) is 0.462. The van der Waals surface area contributed by atoms with Crippen LogP contribution in [0.3, 0.4) is 0 Å². The first-order chi connectivity index (χ1) is 10.00. The number of carboxylic acid groups (broad SMARTS) is 1. The van der Waals surface area contributed by atoms with Crippen LogP contribution in [0.5, 0.6) is 0 Å². The second-order valence-corrected chi connectivity index (χ2v) is 6.84. The monoisotopic (exact) mass is 312 g/mol. The summed E-state index contributed by atoms with van der Waals surface area (Å²) in [5.74, 6) is -1.01. The molecule has 21 heavy (non-hydrogen) atoms. The molecule has 0 amide bonds. The number of anilines is 1. The Balaban J connectivity index is 1.91. The number of fused-ring (bicyclic) bond motifs is 1. The van der Waals surface area contributed by atoms with Gasteiger partial charge >= 0.3 is 16.2 Å². The molecule has 1 aromatic rings. The molecule has 0 aromatic heterocycles. The number of carbonyl (C=O) groups is 1. The fourth-order valence-corrected chi connectivity index (χ4v) is 4.30. The molecule has 1 fully saturated rings. The number of rotatable bonds is 3. The molecule has 2 aliphatic rings. The van der Waals surface area contributed by atoms with E-state index >= 15 is 0 Å². The Bertz CT molecular complexity index is 667. The molecule has 8 heteroatoms. The normalized spacial score (nSPS) is 19.5. The summed E-state index contributed by atoms with van der Waals surface area (Å²) in [5, 5.41) is 8.99. The number of morpholine rings is 1. The Morgan fingerprint density at radius 2 is 1.90 bits per heavy atom. The quantitative estimate of drug-likeness (QED) is 0.869. The summed E-state index contributed by atoms with van der Waals surface area (Å²) in [7, 11) is -3.57. The van der Waals surface area contributed by atoms with Crippen molar-refractivity contribution in [1.29, 1.82) is 0 Å². The summed E-state index contributed by atoms with van der Waals surface area (Å²) >= 11 is 0. The van der Waals surface area contributed by atoms with Gasteiger partial charge in [-0.05, 0) is 30.2 Å². The third-order valence-electron chi connectivity index (χ3n) is 3.75. The van der Waals surface area contributed by atoms with Gasteiger partial charge in [-0.15, -0.1) is 0 Å². The van der Waals surface area contributed by atoms with Gasteiger partial charge in [-0.1, -0.05) is 0 Å². The van der Waals surface area contributed by atoms with E-state index < -0.39 is 16.2 Å². The minimum atomic E-state index is -3.57. The molecule has 0 radical (unpaired) electrons. The minimum Gasteiger partial charge on any atom is -0.478 e. The molecule has 1 N–H and O–H groups in total. The number of nitrogens with zero attached hydrogens (tertiary/aromatic N) is 2. The summed E-state index contributed by atoms with van der Waals surface area (Å²) in [4.78, 5) is 11.0. The van der Waals surface area contributed by atoms with E-state index in [2.05, 4.69) is 0 Å². The van der Waals surface area contributed by atoms with Crippen molar-refractivity contribution in [2.24, 2.45) is 0 Å². The molecule has 0 spiro atoms. The lowest BCUT2D eigenvalue weighted by Gasteiger charge is -2.31. The van der Waals surface area contributed by atoms with Gasteiger partial charge in [-0.25, -0.2) is 4.79 Å². The van der Waals surface area contributed by atoms with E-state index in [0.717, 1.165) is 5.56 Å². The smallest absolute Gasteiger partial charge is 0.335 e. The summed E-state index contributed by atoms with van der Waals surface area (Å²) in [5.41, 5.74) is 1.51. The lowest BCUT2D eigenvalue weighted by Crippen LogP contribution is -2.48. The van der Waals surface area contributed by atoms with Crippen LogP contribution in [0.4, 0.5) is 5.69 Å². The van der Waals surface area contributed by atoms with Crippen molar-refractivity contribution in [3.63, 3.8) is 0 Å². The topological polar surface area (TPSA) is 87.2 Å². The summed E-state index contributed by atoms with van der Waals surface area (Å²) in [6.07, 6.45) is 0.528. The first kappa shape index (κ1) is 14.3. The maximum absolute atomic E-state index is 12.6. The highest BCUT2D eigenvalue weighted by Crippen LogP contribution is 2.32. The Labute approximate surface area is 122 Å². The van der Waals surface area contributed by atoms with Gasteiger partial charge < -0.3 is 9.84 Å². The van der Waals surface area contributed by atoms with Crippen LogP contribution in [-0.2, 0) is 21.4 Å². The second kappa shape index (κ2) is 5.28. The molecule has 0 atom stereocenters. The zero-order valence-electron chi connectivity index (χ0n) is 11.4. The lowest BCUT2D eigenvalue weighted by atomic mass is 10.1. The predicted octanol–water partition coefficient (Wildman–Crippen LogP) is 0.324. The van der Waals surface area contributed by atoms with Crippen molar-refractivity contribution in [3.05, 3.63) is 29.3 Å². The van der Waals surface area contributed by atoms with E-state index in [1.807, 2.05) is 0 Å². The molecule has 0 saturated carbocycles. The Hall–Kier alpha value is -1.64. The molecule has 0 bridgehead atoms. The van der Waals surface area contributed by atoms with Gasteiger partial charge in [0.2, 0.25) is 0 Å². The zero-order chi connectivity index (χ0) is 15.0. The van der Waals surface area contributed by atoms with Gasteiger partial charge in [0.25, 0.3) is 0 Å². The van der Waals surface area contributed by atoms with Gasteiger partial charge in [0.05, 0.1) is 24.5 Å². The van der Waals surface area contributed by atoms with Crippen molar-refractivity contribution < 1.29 is 23.1 Å². The third kappa shape index (κ3) is 2.50. The van der Waals surface area contributed by atoms with E-state index in [1.54, 1.807) is 12.1 Å². The van der Waals surface area contributed by atoms with E-state index in [9.17, 15) is 13.2 Å². The Kier molecular flexibility index (Phi) is 3.60.